The number of sulfonamides is 1. The van der Waals surface area contributed by atoms with Gasteiger partial charge in [0.05, 0.1) is 5.02 Å². The van der Waals surface area contributed by atoms with Crippen LogP contribution < -0.4 is 5.73 Å². The maximum absolute atomic E-state index is 12.6. The van der Waals surface area contributed by atoms with Crippen LogP contribution in [-0.4, -0.2) is 19.8 Å². The molecule has 0 aromatic heterocycles. The van der Waals surface area contributed by atoms with E-state index in [9.17, 15) is 8.42 Å². The number of aryl methyl sites for hydroxylation is 1. The van der Waals surface area contributed by atoms with Crippen molar-refractivity contribution in [1.29, 1.82) is 0 Å². The number of nitrogens with zero attached hydrogens (tertiary/aromatic N) is 1. The van der Waals surface area contributed by atoms with Gasteiger partial charge in [0.2, 0.25) is 10.0 Å². The highest BCUT2D eigenvalue weighted by molar-refractivity contribution is 7.89. The molecule has 0 aliphatic carbocycles. The van der Waals surface area contributed by atoms with Gasteiger partial charge in [-0.15, -0.1) is 0 Å². The van der Waals surface area contributed by atoms with Crippen LogP contribution in [0, 0.1) is 6.92 Å². The predicted octanol–water partition coefficient (Wildman–Crippen LogP) is 3.05. The van der Waals surface area contributed by atoms with Crippen molar-refractivity contribution in [2.45, 2.75) is 18.4 Å². The van der Waals surface area contributed by atoms with Crippen LogP contribution >= 0.6 is 11.6 Å². The molecule has 2 aromatic carbocycles. The first-order chi connectivity index (χ1) is 9.80. The van der Waals surface area contributed by atoms with E-state index in [0.717, 1.165) is 11.1 Å². The molecule has 2 aromatic rings. The third-order valence-electron chi connectivity index (χ3n) is 3.17. The third-order valence-corrected chi connectivity index (χ3v) is 5.45. The zero-order valence-corrected chi connectivity index (χ0v) is 13.4. The quantitative estimate of drug-likeness (QED) is 0.879. The van der Waals surface area contributed by atoms with Gasteiger partial charge in [0.1, 0.15) is 4.90 Å². The van der Waals surface area contributed by atoms with Gasteiger partial charge in [-0.25, -0.2) is 8.42 Å². The number of benzene rings is 2. The molecule has 0 unspecified atom stereocenters. The molecule has 0 aliphatic rings. The van der Waals surface area contributed by atoms with Crippen molar-refractivity contribution in [3.05, 3.63) is 58.6 Å². The second-order valence-corrected chi connectivity index (χ2v) is 7.36. The smallest absolute Gasteiger partial charge is 0.244 e. The molecule has 0 bridgehead atoms. The first-order valence-corrected chi connectivity index (χ1v) is 8.19. The highest BCUT2D eigenvalue weighted by atomic mass is 35.5. The first kappa shape index (κ1) is 15.8. The molecule has 0 aliphatic heterocycles. The minimum absolute atomic E-state index is 0.0266. The predicted molar refractivity (Wildman–Crippen MR) is 85.7 cm³/mol. The van der Waals surface area contributed by atoms with Crippen LogP contribution in [0.1, 0.15) is 11.1 Å². The van der Waals surface area contributed by atoms with Crippen molar-refractivity contribution >= 4 is 27.3 Å². The number of nitrogens with two attached hydrogens (primary N) is 1. The summed E-state index contributed by atoms with van der Waals surface area (Å²) in [4.78, 5) is 0.0266. The van der Waals surface area contributed by atoms with Crippen molar-refractivity contribution in [1.82, 2.24) is 4.31 Å². The molecular weight excluding hydrogens is 308 g/mol. The molecular formula is C15H17ClN2O2S. The van der Waals surface area contributed by atoms with Gasteiger partial charge in [-0.2, -0.15) is 4.31 Å². The summed E-state index contributed by atoms with van der Waals surface area (Å²) in [6, 6.07) is 12.1. The van der Waals surface area contributed by atoms with Crippen molar-refractivity contribution in [3.8, 4) is 0 Å². The van der Waals surface area contributed by atoms with Gasteiger partial charge < -0.3 is 5.73 Å². The van der Waals surface area contributed by atoms with Gasteiger partial charge in [-0.3, -0.25) is 0 Å². The van der Waals surface area contributed by atoms with E-state index in [4.69, 9.17) is 17.3 Å². The summed E-state index contributed by atoms with van der Waals surface area (Å²) >= 11 is 5.99. The van der Waals surface area contributed by atoms with Gasteiger partial charge >= 0.3 is 0 Å². The van der Waals surface area contributed by atoms with Crippen molar-refractivity contribution in [2.24, 2.45) is 0 Å². The zero-order chi connectivity index (χ0) is 15.6. The molecule has 0 saturated carbocycles. The molecule has 0 fully saturated rings. The minimum atomic E-state index is -3.68. The Labute approximate surface area is 130 Å². The van der Waals surface area contributed by atoms with Crippen molar-refractivity contribution in [2.75, 3.05) is 12.8 Å². The minimum Gasteiger partial charge on any atom is -0.399 e. The number of halogens is 1. The average molecular weight is 325 g/mol. The Kier molecular flexibility index (Phi) is 4.56. The average Bonchev–Trinajstić information content (AvgIpc) is 2.43. The monoisotopic (exact) mass is 324 g/mol. The van der Waals surface area contributed by atoms with Gasteiger partial charge in [-0.1, -0.05) is 41.4 Å². The Morgan fingerprint density at radius 3 is 2.38 bits per heavy atom. The second-order valence-electron chi connectivity index (χ2n) is 4.94. The lowest BCUT2D eigenvalue weighted by Crippen LogP contribution is -2.26. The van der Waals surface area contributed by atoms with E-state index >= 15 is 0 Å². The molecule has 0 heterocycles. The summed E-state index contributed by atoms with van der Waals surface area (Å²) in [5.41, 5.74) is 8.05. The van der Waals surface area contributed by atoms with Crippen LogP contribution in [-0.2, 0) is 16.6 Å². The molecule has 0 spiro atoms. The Morgan fingerprint density at radius 2 is 1.76 bits per heavy atom. The molecule has 21 heavy (non-hydrogen) atoms. The van der Waals surface area contributed by atoms with Gasteiger partial charge in [0.25, 0.3) is 0 Å². The lowest BCUT2D eigenvalue weighted by atomic mass is 10.1. The summed E-state index contributed by atoms with van der Waals surface area (Å²) in [7, 11) is -2.16. The first-order valence-electron chi connectivity index (χ1n) is 6.37. The zero-order valence-electron chi connectivity index (χ0n) is 11.9. The molecule has 0 amide bonds. The summed E-state index contributed by atoms with van der Waals surface area (Å²) < 4.78 is 26.4. The van der Waals surface area contributed by atoms with Crippen LogP contribution in [0.5, 0.6) is 0 Å². The number of hydrogen-bond donors (Lipinski definition) is 1. The van der Waals surface area contributed by atoms with Crippen LogP contribution in [0.15, 0.2) is 47.4 Å². The normalized spacial score (nSPS) is 11.8. The maximum Gasteiger partial charge on any atom is 0.244 e. The number of rotatable bonds is 4. The Balaban J connectivity index is 2.30. The van der Waals surface area contributed by atoms with Crippen LogP contribution in [0.4, 0.5) is 5.69 Å². The molecule has 112 valence electrons. The summed E-state index contributed by atoms with van der Waals surface area (Å²) in [6.45, 7) is 2.25. The van der Waals surface area contributed by atoms with Gasteiger partial charge in [0.15, 0.2) is 0 Å². The third kappa shape index (κ3) is 3.56. The standard InChI is InChI=1S/C15H17ClN2O2S/c1-11-3-5-12(6-4-11)10-18(2)21(19,20)15-9-13(17)7-8-14(15)16/h3-9H,10,17H2,1-2H3. The Hall–Kier alpha value is -1.56. The van der Waals surface area contributed by atoms with Crippen molar-refractivity contribution < 1.29 is 8.42 Å². The molecule has 0 saturated heterocycles. The molecule has 2 rings (SSSR count). The van der Waals surface area contributed by atoms with Crippen LogP contribution in [0.3, 0.4) is 0 Å². The van der Waals surface area contributed by atoms with E-state index in [-0.39, 0.29) is 16.5 Å². The molecule has 4 nitrogen and oxygen atoms in total. The van der Waals surface area contributed by atoms with Gasteiger partial charge in [-0.05, 0) is 30.7 Å². The highest BCUT2D eigenvalue weighted by Gasteiger charge is 2.23. The topological polar surface area (TPSA) is 63.4 Å². The second kappa shape index (κ2) is 6.05. The van der Waals surface area contributed by atoms with E-state index in [1.165, 1.54) is 23.5 Å². The summed E-state index contributed by atoms with van der Waals surface area (Å²) in [6.07, 6.45) is 0. The van der Waals surface area contributed by atoms with E-state index < -0.39 is 10.0 Å². The number of hydrogen-bond acceptors (Lipinski definition) is 3. The fraction of sp³-hybridized carbons (Fsp3) is 0.200. The van der Waals surface area contributed by atoms with Crippen molar-refractivity contribution in [3.63, 3.8) is 0 Å². The largest absolute Gasteiger partial charge is 0.399 e. The van der Waals surface area contributed by atoms with E-state index in [1.54, 1.807) is 6.07 Å². The van der Waals surface area contributed by atoms with E-state index in [2.05, 4.69) is 0 Å². The van der Waals surface area contributed by atoms with E-state index in [1.807, 2.05) is 31.2 Å². The molecule has 0 radical (unpaired) electrons. The van der Waals surface area contributed by atoms with Crippen LogP contribution in [0.2, 0.25) is 5.02 Å². The van der Waals surface area contributed by atoms with Gasteiger partial charge in [0, 0.05) is 19.3 Å². The fourth-order valence-electron chi connectivity index (χ4n) is 1.92. The maximum atomic E-state index is 12.6. The Bertz CT molecular complexity index is 743. The number of nitrogen functional groups attached to an aromatic ring is 1. The number of anilines is 1. The Morgan fingerprint density at radius 1 is 1.14 bits per heavy atom. The molecule has 0 atom stereocenters. The lowest BCUT2D eigenvalue weighted by molar-refractivity contribution is 0.467. The molecule has 2 N–H and O–H groups in total. The highest BCUT2D eigenvalue weighted by Crippen LogP contribution is 2.26. The summed E-state index contributed by atoms with van der Waals surface area (Å²) in [5, 5.41) is 0.167. The fourth-order valence-corrected chi connectivity index (χ4v) is 3.59. The SMILES string of the molecule is Cc1ccc(CN(C)S(=O)(=O)c2cc(N)ccc2Cl)cc1. The molecule has 6 heteroatoms. The lowest BCUT2D eigenvalue weighted by Gasteiger charge is -2.18. The van der Waals surface area contributed by atoms with Crippen LogP contribution in [0.25, 0.3) is 0 Å². The van der Waals surface area contributed by atoms with E-state index in [0.29, 0.717) is 5.69 Å². The summed E-state index contributed by atoms with van der Waals surface area (Å²) in [5.74, 6) is 0.